The maximum absolute atomic E-state index is 5.17. The van der Waals surface area contributed by atoms with E-state index in [4.69, 9.17) is 49.8 Å². The standard InChI is InChI=1S/C44H27N5.2C33H20N4/c1-2-11-29(12-3-1)42-46-43(48-44(47-42)32-20-19-28-10-4-5-13-31(28)26-32)30-21-23-33(24-22-30)49-27-38-40-36(16-8-18-39(40)49)34-14-6-7-15-35(34)37-17-9-25-45-41(37)38;1-2-10-21(11-3-1)31-33(36-28-17-7-6-16-27(28)35-31)37-20-26-30-24(14-8-18-29(30)37)22-12-4-5-13-23(22)25-15-9-19-34-32(25)26;1-2-10-21(11-3-1)31-26-14-6-7-17-28(26)35-33(36-31)37-20-27-30-24(15-8-18-29(30)37)22-12-4-5-13-23(22)25-16-9-19-34-32(25)27/h1-27H;2*1-20H. The first-order valence-electron chi connectivity index (χ1n) is 41.2. The lowest BCUT2D eigenvalue weighted by Crippen LogP contribution is -2.02. The minimum atomic E-state index is 0.632. The number of hydrogen-bond acceptors (Lipinski definition) is 10. The van der Waals surface area contributed by atoms with Crippen LogP contribution in [0.15, 0.2) is 407 Å². The predicted octanol–water partition coefficient (Wildman–Crippen LogP) is 26.6. The van der Waals surface area contributed by atoms with E-state index in [0.717, 1.165) is 145 Å². The summed E-state index contributed by atoms with van der Waals surface area (Å²) in [6.07, 6.45) is 12.2. The van der Waals surface area contributed by atoms with Gasteiger partial charge < -0.3 is 4.57 Å². The Hall–Kier alpha value is -16.9. The van der Waals surface area contributed by atoms with Gasteiger partial charge in [0.1, 0.15) is 5.69 Å². The van der Waals surface area contributed by atoms with Crippen LogP contribution in [0.4, 0.5) is 0 Å². The van der Waals surface area contributed by atoms with E-state index in [1.807, 2.05) is 140 Å². The van der Waals surface area contributed by atoms with Crippen LogP contribution in [-0.2, 0) is 0 Å². The minimum absolute atomic E-state index is 0.632. The first kappa shape index (κ1) is 70.3. The Morgan fingerprint density at radius 3 is 1.10 bits per heavy atom. The highest BCUT2D eigenvalue weighted by molar-refractivity contribution is 6.16. The smallest absolute Gasteiger partial charge is 0.235 e. The molecule has 0 saturated heterocycles. The Balaban J connectivity index is 0.000000106. The number of pyridine rings is 3. The van der Waals surface area contributed by atoms with E-state index in [2.05, 4.69) is 281 Å². The summed E-state index contributed by atoms with van der Waals surface area (Å²) in [5, 5.41) is 6.93. The van der Waals surface area contributed by atoms with Crippen molar-refractivity contribution < 1.29 is 0 Å². The number of rotatable bonds is 8. The predicted molar refractivity (Wildman–Crippen MR) is 497 cm³/mol. The molecule has 0 N–H and O–H groups in total. The molecule has 0 bridgehead atoms. The number of para-hydroxylation sites is 3. The van der Waals surface area contributed by atoms with Gasteiger partial charge in [0.25, 0.3) is 0 Å². The van der Waals surface area contributed by atoms with Gasteiger partial charge in [-0.05, 0) is 146 Å². The van der Waals surface area contributed by atoms with Crippen molar-refractivity contribution in [3.8, 4) is 175 Å². The summed E-state index contributed by atoms with van der Waals surface area (Å²) in [6, 6.07) is 128. The molecule has 14 aromatic carbocycles. The van der Waals surface area contributed by atoms with Crippen LogP contribution in [0, 0.1) is 0 Å². The zero-order valence-corrected chi connectivity index (χ0v) is 66.0. The summed E-state index contributed by atoms with van der Waals surface area (Å²) in [4.78, 5) is 50.1. The average molecular weight is 1570 g/mol. The van der Waals surface area contributed by atoms with Gasteiger partial charge in [-0.2, -0.15) is 0 Å². The first-order valence-corrected chi connectivity index (χ1v) is 41.2. The molecule has 0 saturated carbocycles. The topological polar surface area (TPSA) is 144 Å². The highest BCUT2D eigenvalue weighted by Crippen LogP contribution is 2.52. The molecule has 0 unspecified atom stereocenters. The van der Waals surface area contributed by atoms with Gasteiger partial charge in [-0.3, -0.25) is 24.1 Å². The molecule has 23 aromatic rings. The monoisotopic (exact) mass is 1570 g/mol. The van der Waals surface area contributed by atoms with Crippen molar-refractivity contribution >= 4 is 65.4 Å². The Bertz CT molecular complexity index is 8200. The fraction of sp³-hybridized carbons (Fsp3) is 0. The van der Waals surface area contributed by atoms with Crippen LogP contribution < -0.4 is 0 Å². The number of benzene rings is 14. The Morgan fingerprint density at radius 1 is 0.195 bits per heavy atom. The summed E-state index contributed by atoms with van der Waals surface area (Å²) >= 11 is 0. The summed E-state index contributed by atoms with van der Waals surface area (Å²) in [5.74, 6) is 3.38. The second-order valence-electron chi connectivity index (χ2n) is 31.0. The number of hydrogen-bond donors (Lipinski definition) is 0. The van der Waals surface area contributed by atoms with E-state index in [0.29, 0.717) is 23.4 Å². The Morgan fingerprint density at radius 2 is 0.569 bits per heavy atom. The van der Waals surface area contributed by atoms with E-state index in [1.54, 1.807) is 0 Å². The van der Waals surface area contributed by atoms with Crippen LogP contribution in [0.1, 0.15) is 0 Å². The fourth-order valence-corrected chi connectivity index (χ4v) is 18.4. The summed E-state index contributed by atoms with van der Waals surface area (Å²) in [5.41, 5.74) is 34.3. The SMILES string of the molecule is c1ccc(-c2nc(-c3ccc(-n4cc5c6c(cccc64)-c4ccccc4-c4cccnc4-5)cc3)nc(-c3ccc4ccccc4c3)n2)cc1.c1ccc(-c2nc(-n3cc4c5c(cccc53)-c3ccccc3-c3cccnc3-4)nc3ccccc23)cc1.c1ccc(-c2nc3ccccc3nc2-n2cc3c4c(cccc42)-c2ccccc2-c2cccnc2-3)cc1. The van der Waals surface area contributed by atoms with E-state index in [-0.39, 0.29) is 0 Å². The van der Waals surface area contributed by atoms with Gasteiger partial charge >= 0.3 is 0 Å². The molecule has 572 valence electrons. The van der Waals surface area contributed by atoms with Crippen molar-refractivity contribution in [3.05, 3.63) is 407 Å². The van der Waals surface area contributed by atoms with Gasteiger partial charge in [0.2, 0.25) is 5.95 Å². The maximum Gasteiger partial charge on any atom is 0.235 e. The zero-order valence-electron chi connectivity index (χ0n) is 66.0. The molecule has 0 atom stereocenters. The van der Waals surface area contributed by atoms with Crippen molar-refractivity contribution in [1.82, 2.24) is 63.5 Å². The molecule has 9 heterocycles. The lowest BCUT2D eigenvalue weighted by Gasteiger charge is -2.14. The minimum Gasteiger partial charge on any atom is -0.316 e. The van der Waals surface area contributed by atoms with Crippen molar-refractivity contribution in [1.29, 1.82) is 0 Å². The molecule has 26 rings (SSSR count). The van der Waals surface area contributed by atoms with Crippen LogP contribution in [0.25, 0.3) is 240 Å². The van der Waals surface area contributed by atoms with Gasteiger partial charge in [0.05, 0.1) is 55.9 Å². The molecule has 0 aliphatic heterocycles. The lowest BCUT2D eigenvalue weighted by atomic mass is 9.95. The summed E-state index contributed by atoms with van der Waals surface area (Å²) < 4.78 is 6.59. The van der Waals surface area contributed by atoms with Crippen LogP contribution >= 0.6 is 0 Å². The maximum atomic E-state index is 5.17. The third-order valence-corrected chi connectivity index (χ3v) is 24.0. The number of aromatic nitrogens is 13. The molecule has 0 radical (unpaired) electrons. The molecule has 13 heteroatoms. The summed E-state index contributed by atoms with van der Waals surface area (Å²) in [6.45, 7) is 0. The van der Waals surface area contributed by atoms with Gasteiger partial charge in [-0.25, -0.2) is 34.9 Å². The quantitative estimate of drug-likeness (QED) is 0.144. The van der Waals surface area contributed by atoms with E-state index in [9.17, 15) is 0 Å². The lowest BCUT2D eigenvalue weighted by molar-refractivity contribution is 0.984. The molecule has 0 amide bonds. The third-order valence-electron chi connectivity index (χ3n) is 24.0. The van der Waals surface area contributed by atoms with Gasteiger partial charge in [-0.1, -0.05) is 285 Å². The number of fused-ring (bicyclic) bond motifs is 18. The Labute approximate surface area is 706 Å². The fourth-order valence-electron chi connectivity index (χ4n) is 18.4. The molecular weight excluding hydrogens is 1500 g/mol. The molecular formula is C110H67N13. The first-order chi connectivity index (χ1) is 61.0. The largest absolute Gasteiger partial charge is 0.316 e. The second-order valence-corrected chi connectivity index (χ2v) is 31.0. The van der Waals surface area contributed by atoms with Crippen LogP contribution in [0.3, 0.4) is 0 Å². The van der Waals surface area contributed by atoms with E-state index < -0.39 is 0 Å². The second kappa shape index (κ2) is 29.0. The normalized spacial score (nSPS) is 11.7. The van der Waals surface area contributed by atoms with Crippen LogP contribution in [0.5, 0.6) is 0 Å². The number of nitrogens with zero attached hydrogens (tertiary/aromatic N) is 13. The average Bonchev–Trinajstić information content (AvgIpc) is 1.57. The van der Waals surface area contributed by atoms with E-state index >= 15 is 0 Å². The van der Waals surface area contributed by atoms with Gasteiger partial charge in [-0.15, -0.1) is 0 Å². The van der Waals surface area contributed by atoms with Crippen molar-refractivity contribution in [2.24, 2.45) is 0 Å². The summed E-state index contributed by atoms with van der Waals surface area (Å²) in [7, 11) is 0. The van der Waals surface area contributed by atoms with E-state index in [1.165, 1.54) is 71.6 Å². The molecule has 9 aromatic heterocycles. The molecule has 13 nitrogen and oxygen atoms in total. The zero-order chi connectivity index (χ0) is 81.0. The molecule has 123 heavy (non-hydrogen) atoms. The van der Waals surface area contributed by atoms with Crippen LogP contribution in [-0.4, -0.2) is 63.5 Å². The molecule has 3 aliphatic carbocycles. The highest BCUT2D eigenvalue weighted by atomic mass is 15.2. The van der Waals surface area contributed by atoms with Crippen molar-refractivity contribution in [2.75, 3.05) is 0 Å². The van der Waals surface area contributed by atoms with Crippen LogP contribution in [0.2, 0.25) is 0 Å². The third kappa shape index (κ3) is 11.8. The van der Waals surface area contributed by atoms with Gasteiger partial charge in [0.15, 0.2) is 23.3 Å². The molecule has 3 aliphatic rings. The molecule has 0 fully saturated rings. The Kier molecular flexibility index (Phi) is 16.6. The highest BCUT2D eigenvalue weighted by Gasteiger charge is 2.31. The van der Waals surface area contributed by atoms with Gasteiger partial charge in [0, 0.05) is 126 Å². The van der Waals surface area contributed by atoms with Crippen molar-refractivity contribution in [3.63, 3.8) is 0 Å². The van der Waals surface area contributed by atoms with Crippen molar-refractivity contribution in [2.45, 2.75) is 0 Å². The molecule has 0 spiro atoms.